The zero-order valence-electron chi connectivity index (χ0n) is 11.0. The highest BCUT2D eigenvalue weighted by molar-refractivity contribution is 5.59. The summed E-state index contributed by atoms with van der Waals surface area (Å²) in [5.74, 6) is 0.0535. The number of nitrogens with zero attached hydrogens (tertiary/aromatic N) is 1. The second-order valence-electron chi connectivity index (χ2n) is 4.32. The number of aryl methyl sites for hydroxylation is 1. The van der Waals surface area contributed by atoms with E-state index in [0.717, 1.165) is 12.1 Å². The number of hydrogen-bond donors (Lipinski definition) is 2. The van der Waals surface area contributed by atoms with Crippen LogP contribution in [0.4, 0.5) is 4.39 Å². The Labute approximate surface area is 110 Å². The van der Waals surface area contributed by atoms with Crippen molar-refractivity contribution in [1.82, 2.24) is 15.3 Å². The van der Waals surface area contributed by atoms with Crippen LogP contribution in [0.2, 0.25) is 0 Å². The molecule has 0 aliphatic carbocycles. The molecule has 2 N–H and O–H groups in total. The Bertz CT molecular complexity index is 637. The van der Waals surface area contributed by atoms with Crippen molar-refractivity contribution in [2.45, 2.75) is 20.4 Å². The minimum absolute atomic E-state index is 0.235. The van der Waals surface area contributed by atoms with Gasteiger partial charge in [-0.05, 0) is 31.2 Å². The van der Waals surface area contributed by atoms with Gasteiger partial charge in [0.15, 0.2) is 0 Å². The highest BCUT2D eigenvalue weighted by Gasteiger charge is 2.08. The molecule has 5 heteroatoms. The molecule has 0 atom stereocenters. The first-order valence-corrected chi connectivity index (χ1v) is 6.17. The van der Waals surface area contributed by atoms with Gasteiger partial charge in [0.05, 0.1) is 5.69 Å². The summed E-state index contributed by atoms with van der Waals surface area (Å²) in [7, 11) is 0. The first-order chi connectivity index (χ1) is 9.10. The Morgan fingerprint density at radius 2 is 2.16 bits per heavy atom. The Balaban J connectivity index is 2.46. The summed E-state index contributed by atoms with van der Waals surface area (Å²) in [6, 6.07) is 5.88. The highest BCUT2D eigenvalue weighted by Crippen LogP contribution is 2.20. The first kappa shape index (κ1) is 13.4. The molecule has 1 heterocycles. The van der Waals surface area contributed by atoms with Crippen molar-refractivity contribution in [2.75, 3.05) is 6.54 Å². The van der Waals surface area contributed by atoms with Gasteiger partial charge in [-0.1, -0.05) is 13.0 Å². The van der Waals surface area contributed by atoms with E-state index >= 15 is 0 Å². The van der Waals surface area contributed by atoms with Crippen LogP contribution in [0.25, 0.3) is 11.4 Å². The van der Waals surface area contributed by atoms with Gasteiger partial charge < -0.3 is 10.3 Å². The van der Waals surface area contributed by atoms with Gasteiger partial charge in [0.25, 0.3) is 5.56 Å². The summed E-state index contributed by atoms with van der Waals surface area (Å²) in [5.41, 5.74) is 1.88. The smallest absolute Gasteiger partial charge is 0.251 e. The van der Waals surface area contributed by atoms with Gasteiger partial charge in [-0.3, -0.25) is 4.79 Å². The molecule has 2 aromatic rings. The Morgan fingerprint density at radius 3 is 2.89 bits per heavy atom. The van der Waals surface area contributed by atoms with Crippen LogP contribution >= 0.6 is 0 Å². The van der Waals surface area contributed by atoms with Crippen LogP contribution in [-0.4, -0.2) is 16.5 Å². The molecule has 0 saturated carbocycles. The summed E-state index contributed by atoms with van der Waals surface area (Å²) in [4.78, 5) is 18.6. The highest BCUT2D eigenvalue weighted by atomic mass is 19.1. The van der Waals surface area contributed by atoms with Gasteiger partial charge in [0.2, 0.25) is 0 Å². The molecule has 0 amide bonds. The molecule has 0 spiro atoms. The van der Waals surface area contributed by atoms with Gasteiger partial charge in [-0.25, -0.2) is 9.37 Å². The van der Waals surface area contributed by atoms with Crippen molar-refractivity contribution in [1.29, 1.82) is 0 Å². The van der Waals surface area contributed by atoms with Gasteiger partial charge in [-0.15, -0.1) is 0 Å². The monoisotopic (exact) mass is 261 g/mol. The second-order valence-corrected chi connectivity index (χ2v) is 4.32. The van der Waals surface area contributed by atoms with Crippen molar-refractivity contribution < 1.29 is 4.39 Å². The average molecular weight is 261 g/mol. The van der Waals surface area contributed by atoms with E-state index in [2.05, 4.69) is 15.3 Å². The lowest BCUT2D eigenvalue weighted by Crippen LogP contribution is -2.17. The van der Waals surface area contributed by atoms with Crippen LogP contribution in [0, 0.1) is 12.7 Å². The zero-order chi connectivity index (χ0) is 13.8. The fraction of sp³-hybridized carbons (Fsp3) is 0.286. The van der Waals surface area contributed by atoms with E-state index in [4.69, 9.17) is 0 Å². The van der Waals surface area contributed by atoms with E-state index in [0.29, 0.717) is 23.6 Å². The molecule has 4 nitrogen and oxygen atoms in total. The molecule has 0 fully saturated rings. The van der Waals surface area contributed by atoms with Crippen LogP contribution in [0.5, 0.6) is 0 Å². The predicted molar refractivity (Wildman–Crippen MR) is 72.4 cm³/mol. The number of aromatic amines is 1. The van der Waals surface area contributed by atoms with E-state index in [9.17, 15) is 9.18 Å². The predicted octanol–water partition coefficient (Wildman–Crippen LogP) is 1.99. The molecule has 0 bridgehead atoms. The molecule has 0 saturated heterocycles. The van der Waals surface area contributed by atoms with Crippen molar-refractivity contribution in [3.63, 3.8) is 0 Å². The largest absolute Gasteiger partial charge is 0.311 e. The summed E-state index contributed by atoms with van der Waals surface area (Å²) in [5, 5.41) is 3.11. The van der Waals surface area contributed by atoms with Crippen molar-refractivity contribution in [3.05, 3.63) is 51.7 Å². The standard InChI is InChI=1S/C14H16FN3O/c1-3-16-8-11-7-13(19)18-14(17-11)12-6-10(15)5-4-9(12)2/h4-7,16H,3,8H2,1-2H3,(H,17,18,19). The van der Waals surface area contributed by atoms with E-state index < -0.39 is 0 Å². The van der Waals surface area contributed by atoms with Gasteiger partial charge in [0, 0.05) is 18.2 Å². The lowest BCUT2D eigenvalue weighted by Gasteiger charge is -2.07. The maximum Gasteiger partial charge on any atom is 0.251 e. The number of nitrogens with one attached hydrogen (secondary N) is 2. The Morgan fingerprint density at radius 1 is 1.37 bits per heavy atom. The fourth-order valence-electron chi connectivity index (χ4n) is 1.83. The third-order valence-corrected chi connectivity index (χ3v) is 2.81. The molecule has 2 rings (SSSR count). The van der Waals surface area contributed by atoms with Gasteiger partial charge in [0.1, 0.15) is 11.6 Å². The van der Waals surface area contributed by atoms with E-state index in [1.54, 1.807) is 6.07 Å². The molecule has 0 radical (unpaired) electrons. The minimum atomic E-state index is -0.347. The number of halogens is 1. The van der Waals surface area contributed by atoms with Crippen LogP contribution in [0.3, 0.4) is 0 Å². The molecular formula is C14H16FN3O. The molecular weight excluding hydrogens is 245 g/mol. The van der Waals surface area contributed by atoms with Gasteiger partial charge in [-0.2, -0.15) is 0 Å². The van der Waals surface area contributed by atoms with Crippen LogP contribution in [0.15, 0.2) is 29.1 Å². The Hall–Kier alpha value is -2.01. The number of rotatable bonds is 4. The molecule has 1 aromatic heterocycles. The number of hydrogen-bond acceptors (Lipinski definition) is 3. The molecule has 19 heavy (non-hydrogen) atoms. The lowest BCUT2D eigenvalue weighted by molar-refractivity contribution is 0.627. The molecule has 1 aromatic carbocycles. The third kappa shape index (κ3) is 3.26. The maximum absolute atomic E-state index is 13.3. The SMILES string of the molecule is CCNCc1cc(=O)[nH]c(-c2cc(F)ccc2C)n1. The van der Waals surface area contributed by atoms with E-state index in [1.807, 2.05) is 13.8 Å². The van der Waals surface area contributed by atoms with E-state index in [-0.39, 0.29) is 11.4 Å². The maximum atomic E-state index is 13.3. The minimum Gasteiger partial charge on any atom is -0.311 e. The van der Waals surface area contributed by atoms with Crippen LogP contribution in [0.1, 0.15) is 18.2 Å². The summed E-state index contributed by atoms with van der Waals surface area (Å²) in [6.07, 6.45) is 0. The molecule has 0 aliphatic rings. The fourth-order valence-corrected chi connectivity index (χ4v) is 1.83. The third-order valence-electron chi connectivity index (χ3n) is 2.81. The molecule has 100 valence electrons. The first-order valence-electron chi connectivity index (χ1n) is 6.17. The summed E-state index contributed by atoms with van der Waals surface area (Å²) < 4.78 is 13.3. The van der Waals surface area contributed by atoms with Crippen molar-refractivity contribution >= 4 is 0 Å². The topological polar surface area (TPSA) is 57.8 Å². The summed E-state index contributed by atoms with van der Waals surface area (Å²) >= 11 is 0. The molecule has 0 unspecified atom stereocenters. The van der Waals surface area contributed by atoms with Crippen molar-refractivity contribution in [3.8, 4) is 11.4 Å². The molecule has 0 aliphatic heterocycles. The van der Waals surface area contributed by atoms with Crippen molar-refractivity contribution in [2.24, 2.45) is 0 Å². The lowest BCUT2D eigenvalue weighted by atomic mass is 10.1. The average Bonchev–Trinajstić information content (AvgIpc) is 2.38. The van der Waals surface area contributed by atoms with Crippen LogP contribution in [-0.2, 0) is 6.54 Å². The second kappa shape index (κ2) is 5.75. The number of H-pyrrole nitrogens is 1. The van der Waals surface area contributed by atoms with Crippen LogP contribution < -0.4 is 10.9 Å². The Kier molecular flexibility index (Phi) is 4.06. The van der Waals surface area contributed by atoms with E-state index in [1.165, 1.54) is 18.2 Å². The number of aromatic nitrogens is 2. The summed E-state index contributed by atoms with van der Waals surface area (Å²) in [6.45, 7) is 5.14. The quantitative estimate of drug-likeness (QED) is 0.885. The number of benzene rings is 1. The normalized spacial score (nSPS) is 10.7. The van der Waals surface area contributed by atoms with Gasteiger partial charge >= 0.3 is 0 Å². The zero-order valence-corrected chi connectivity index (χ0v) is 11.0.